The third-order valence-electron chi connectivity index (χ3n) is 5.75. The molecule has 2 fully saturated rings. The molecule has 38 heavy (non-hydrogen) atoms. The minimum atomic E-state index is -5.08. The molecule has 2 aliphatic rings. The molecule has 0 bridgehead atoms. The Hall–Kier alpha value is -3.21. The maximum Gasteiger partial charge on any atom is 0.490 e. The highest BCUT2D eigenvalue weighted by Crippen LogP contribution is 2.36. The van der Waals surface area contributed by atoms with Crippen LogP contribution in [0.3, 0.4) is 0 Å². The molecule has 0 radical (unpaired) electrons. The van der Waals surface area contributed by atoms with Gasteiger partial charge in [0.05, 0.1) is 19.1 Å². The smallest absolute Gasteiger partial charge is 0.475 e. The fourth-order valence-electron chi connectivity index (χ4n) is 4.37. The number of carboxylic acids is 2. The predicted octanol–water partition coefficient (Wildman–Crippen LogP) is 3.12. The first kappa shape index (κ1) is 31.0. The van der Waals surface area contributed by atoms with Crippen molar-refractivity contribution in [3.8, 4) is 0 Å². The number of carbonyl (C=O) groups excluding carboxylic acids is 1. The van der Waals surface area contributed by atoms with E-state index in [1.807, 2.05) is 28.5 Å². The van der Waals surface area contributed by atoms with E-state index in [2.05, 4.69) is 19.9 Å². The van der Waals surface area contributed by atoms with E-state index in [1.165, 1.54) is 5.01 Å². The molecule has 212 valence electrons. The lowest BCUT2D eigenvalue weighted by Gasteiger charge is -2.38. The van der Waals surface area contributed by atoms with Gasteiger partial charge in [0.2, 0.25) is 5.91 Å². The Balaban J connectivity index is 0.000000301. The van der Waals surface area contributed by atoms with E-state index in [0.717, 1.165) is 39.0 Å². The molecule has 0 aromatic carbocycles. The van der Waals surface area contributed by atoms with Crippen LogP contribution in [0.25, 0.3) is 0 Å². The second-order valence-corrected chi connectivity index (χ2v) is 9.41. The maximum atomic E-state index is 12.3. The molecule has 1 amide bonds. The monoisotopic (exact) mass is 573 g/mol. The number of rotatable bonds is 4. The first-order valence-corrected chi connectivity index (χ1v) is 11.9. The highest BCUT2D eigenvalue weighted by molar-refractivity contribution is 7.09. The van der Waals surface area contributed by atoms with Crippen LogP contribution in [0.1, 0.15) is 24.8 Å². The number of carbonyl (C=O) groups is 3. The minimum absolute atomic E-state index is 0.202. The van der Waals surface area contributed by atoms with E-state index < -0.39 is 24.3 Å². The fraction of sp³-hybridized carbons (Fsp3) is 0.571. The van der Waals surface area contributed by atoms with Crippen LogP contribution in [-0.2, 0) is 27.5 Å². The van der Waals surface area contributed by atoms with Crippen LogP contribution in [0.2, 0.25) is 0 Å². The molecule has 2 saturated heterocycles. The van der Waals surface area contributed by atoms with E-state index in [9.17, 15) is 31.1 Å². The zero-order valence-electron chi connectivity index (χ0n) is 19.9. The van der Waals surface area contributed by atoms with Gasteiger partial charge in [-0.15, -0.1) is 11.3 Å². The fourth-order valence-corrected chi connectivity index (χ4v) is 5.03. The van der Waals surface area contributed by atoms with Gasteiger partial charge in [-0.25, -0.2) is 14.6 Å². The van der Waals surface area contributed by atoms with Gasteiger partial charge in [0, 0.05) is 50.0 Å². The molecule has 0 spiro atoms. The minimum Gasteiger partial charge on any atom is -0.475 e. The summed E-state index contributed by atoms with van der Waals surface area (Å²) in [5.74, 6) is -4.75. The van der Waals surface area contributed by atoms with E-state index >= 15 is 0 Å². The Morgan fingerprint density at radius 1 is 1.08 bits per heavy atom. The number of aromatic nitrogens is 3. The number of alkyl halides is 6. The number of piperidine rings is 1. The Kier molecular flexibility index (Phi) is 10.6. The summed E-state index contributed by atoms with van der Waals surface area (Å²) < 4.78 is 65.4. The molecule has 3 atom stereocenters. The van der Waals surface area contributed by atoms with Crippen molar-refractivity contribution in [2.24, 2.45) is 5.92 Å². The van der Waals surface area contributed by atoms with Crippen molar-refractivity contribution in [2.45, 2.75) is 57.3 Å². The van der Waals surface area contributed by atoms with Crippen LogP contribution < -0.4 is 0 Å². The number of likely N-dealkylation sites (tertiary alicyclic amines) is 2. The first-order chi connectivity index (χ1) is 17.6. The Morgan fingerprint density at radius 3 is 2.13 bits per heavy atom. The molecular formula is C21H25F6N5O5S. The second-order valence-electron chi connectivity index (χ2n) is 8.43. The summed E-state index contributed by atoms with van der Waals surface area (Å²) in [6.07, 6.45) is -2.38. The average Bonchev–Trinajstić information content (AvgIpc) is 3.54. The van der Waals surface area contributed by atoms with Gasteiger partial charge < -0.3 is 15.1 Å². The van der Waals surface area contributed by atoms with Gasteiger partial charge in [-0.1, -0.05) is 0 Å². The first-order valence-electron chi connectivity index (χ1n) is 11.1. The zero-order chi connectivity index (χ0) is 28.7. The Labute approximate surface area is 216 Å². The highest BCUT2D eigenvalue weighted by Gasteiger charge is 2.45. The summed E-state index contributed by atoms with van der Waals surface area (Å²) in [6, 6.07) is 2.59. The van der Waals surface area contributed by atoms with Gasteiger partial charge in [0.25, 0.3) is 0 Å². The third kappa shape index (κ3) is 9.27. The molecule has 10 nitrogen and oxygen atoms in total. The van der Waals surface area contributed by atoms with Crippen molar-refractivity contribution in [3.05, 3.63) is 35.0 Å². The summed E-state index contributed by atoms with van der Waals surface area (Å²) in [6.45, 7) is 5.54. The summed E-state index contributed by atoms with van der Waals surface area (Å²) >= 11 is 1.72. The standard InChI is InChI=1S/C17H23N5OS.2C2HF3O2/c1-13(23)22-15(11-21-6-2-4-19-21)9-14-10-20(7-3-16(14)22)12-17-18-5-8-24-17;2*3-2(4,5)1(6)7/h2,4-6,8,14-16H,3,7,9-12H2,1H3;2*(H,6,7)/t14-,15+,16+;;/m1../s1. The van der Waals surface area contributed by atoms with Gasteiger partial charge in [-0.3, -0.25) is 14.4 Å². The summed E-state index contributed by atoms with van der Waals surface area (Å²) in [5, 5.41) is 21.8. The molecule has 2 N–H and O–H groups in total. The predicted molar refractivity (Wildman–Crippen MR) is 120 cm³/mol. The molecule has 4 heterocycles. The van der Waals surface area contributed by atoms with E-state index in [0.29, 0.717) is 12.0 Å². The SMILES string of the molecule is CC(=O)N1[C@H](Cn2cccn2)C[C@@H]2CN(Cc3nccs3)CC[C@@H]21.O=C(O)C(F)(F)F.O=C(O)C(F)(F)F. The van der Waals surface area contributed by atoms with Crippen molar-refractivity contribution in [1.82, 2.24) is 24.6 Å². The average molecular weight is 574 g/mol. The molecule has 2 aromatic heterocycles. The summed E-state index contributed by atoms with van der Waals surface area (Å²) in [7, 11) is 0. The lowest BCUT2D eigenvalue weighted by atomic mass is 9.92. The lowest BCUT2D eigenvalue weighted by molar-refractivity contribution is -0.193. The van der Waals surface area contributed by atoms with Crippen LogP contribution in [0, 0.1) is 5.92 Å². The van der Waals surface area contributed by atoms with Gasteiger partial charge in [-0.05, 0) is 24.8 Å². The molecule has 0 unspecified atom stereocenters. The second kappa shape index (κ2) is 13.0. The van der Waals surface area contributed by atoms with E-state index in [4.69, 9.17) is 19.8 Å². The molecule has 4 rings (SSSR count). The molecule has 2 aromatic rings. The van der Waals surface area contributed by atoms with Gasteiger partial charge in [0.15, 0.2) is 0 Å². The summed E-state index contributed by atoms with van der Waals surface area (Å²) in [5.41, 5.74) is 0. The van der Waals surface area contributed by atoms with Crippen molar-refractivity contribution in [1.29, 1.82) is 0 Å². The number of hydrogen-bond donors (Lipinski definition) is 2. The molecule has 0 saturated carbocycles. The van der Waals surface area contributed by atoms with Crippen molar-refractivity contribution < 1.29 is 50.9 Å². The number of aliphatic carboxylic acids is 2. The number of nitrogens with zero attached hydrogens (tertiary/aromatic N) is 5. The van der Waals surface area contributed by atoms with Crippen molar-refractivity contribution in [2.75, 3.05) is 13.1 Å². The maximum absolute atomic E-state index is 12.3. The highest BCUT2D eigenvalue weighted by atomic mass is 32.1. The van der Waals surface area contributed by atoms with Crippen LogP contribution >= 0.6 is 11.3 Å². The lowest BCUT2D eigenvalue weighted by Crippen LogP contribution is -2.48. The Bertz CT molecular complexity index is 1020. The molecular weight excluding hydrogens is 548 g/mol. The number of amides is 1. The third-order valence-corrected chi connectivity index (χ3v) is 6.52. The quantitative estimate of drug-likeness (QED) is 0.534. The number of halogens is 6. The molecule has 2 aliphatic heterocycles. The zero-order valence-corrected chi connectivity index (χ0v) is 20.7. The molecule has 0 aliphatic carbocycles. The molecule has 17 heteroatoms. The Morgan fingerprint density at radius 2 is 1.68 bits per heavy atom. The number of fused-ring (bicyclic) bond motifs is 1. The van der Waals surface area contributed by atoms with Crippen molar-refractivity contribution in [3.63, 3.8) is 0 Å². The van der Waals surface area contributed by atoms with Gasteiger partial charge >= 0.3 is 24.3 Å². The van der Waals surface area contributed by atoms with Gasteiger partial charge in [0.1, 0.15) is 5.01 Å². The number of thiazole rings is 1. The van der Waals surface area contributed by atoms with Crippen LogP contribution in [0.15, 0.2) is 30.0 Å². The summed E-state index contributed by atoms with van der Waals surface area (Å²) in [4.78, 5) is 39.1. The normalized spacial score (nSPS) is 21.4. The van der Waals surface area contributed by atoms with Crippen LogP contribution in [-0.4, -0.2) is 90.1 Å². The van der Waals surface area contributed by atoms with Gasteiger partial charge in [-0.2, -0.15) is 31.4 Å². The largest absolute Gasteiger partial charge is 0.490 e. The topological polar surface area (TPSA) is 129 Å². The van der Waals surface area contributed by atoms with E-state index in [-0.39, 0.29) is 11.9 Å². The number of hydrogen-bond acceptors (Lipinski definition) is 7. The van der Waals surface area contributed by atoms with Crippen LogP contribution in [0.5, 0.6) is 0 Å². The van der Waals surface area contributed by atoms with E-state index in [1.54, 1.807) is 24.5 Å². The number of carboxylic acid groups (broad SMARTS) is 2. The van der Waals surface area contributed by atoms with Crippen LogP contribution in [0.4, 0.5) is 26.3 Å². The van der Waals surface area contributed by atoms with Crippen molar-refractivity contribution >= 4 is 29.2 Å².